The normalized spacial score (nSPS) is 14.4. The molecule has 1 aliphatic rings. The van der Waals surface area contributed by atoms with Crippen molar-refractivity contribution in [1.29, 1.82) is 0 Å². The van der Waals surface area contributed by atoms with E-state index in [0.717, 1.165) is 18.7 Å². The third-order valence-electron chi connectivity index (χ3n) is 5.70. The lowest BCUT2D eigenvalue weighted by Crippen LogP contribution is -2.49. The zero-order valence-electron chi connectivity index (χ0n) is 19.3. The number of methoxy groups -OCH3 is 1. The van der Waals surface area contributed by atoms with Crippen LogP contribution in [0.25, 0.3) is 0 Å². The van der Waals surface area contributed by atoms with Crippen molar-refractivity contribution in [2.24, 2.45) is 0 Å². The van der Waals surface area contributed by atoms with E-state index < -0.39 is 6.04 Å². The van der Waals surface area contributed by atoms with Crippen LogP contribution in [0.15, 0.2) is 54.6 Å². The maximum absolute atomic E-state index is 12.6. The number of hydrogen-bond acceptors (Lipinski definition) is 5. The summed E-state index contributed by atoms with van der Waals surface area (Å²) >= 11 is 0. The number of ether oxygens (including phenoxy) is 1. The second-order valence-electron chi connectivity index (χ2n) is 8.03. The Morgan fingerprint density at radius 2 is 1.64 bits per heavy atom. The average Bonchev–Trinajstić information content (AvgIpc) is 2.84. The smallest absolute Gasteiger partial charge is 0.224 e. The summed E-state index contributed by atoms with van der Waals surface area (Å²) in [5.41, 5.74) is 1.98. The van der Waals surface area contributed by atoms with Crippen LogP contribution >= 0.6 is 0 Å². The number of piperazine rings is 1. The Morgan fingerprint density at radius 1 is 0.970 bits per heavy atom. The molecule has 1 heterocycles. The molecular formula is C25H32N4O4. The lowest BCUT2D eigenvalue weighted by molar-refractivity contribution is -0.131. The second-order valence-corrected chi connectivity index (χ2v) is 8.03. The maximum atomic E-state index is 12.6. The van der Waals surface area contributed by atoms with Gasteiger partial charge in [0.05, 0.1) is 19.6 Å². The van der Waals surface area contributed by atoms with E-state index in [9.17, 15) is 14.4 Å². The number of carbonyl (C=O) groups is 3. The first-order valence-corrected chi connectivity index (χ1v) is 11.2. The van der Waals surface area contributed by atoms with Gasteiger partial charge in [0.2, 0.25) is 17.7 Å². The first kappa shape index (κ1) is 24.1. The van der Waals surface area contributed by atoms with Crippen molar-refractivity contribution in [2.45, 2.75) is 25.8 Å². The van der Waals surface area contributed by atoms with Crippen LogP contribution in [0, 0.1) is 0 Å². The molecule has 1 atom stereocenters. The zero-order valence-corrected chi connectivity index (χ0v) is 19.3. The van der Waals surface area contributed by atoms with Gasteiger partial charge in [-0.1, -0.05) is 30.3 Å². The van der Waals surface area contributed by atoms with Gasteiger partial charge in [0, 0.05) is 51.8 Å². The molecule has 1 fully saturated rings. The van der Waals surface area contributed by atoms with Gasteiger partial charge >= 0.3 is 0 Å². The molecule has 176 valence electrons. The second kappa shape index (κ2) is 11.9. The van der Waals surface area contributed by atoms with Gasteiger partial charge in [-0.2, -0.15) is 0 Å². The van der Waals surface area contributed by atoms with Gasteiger partial charge in [0.25, 0.3) is 0 Å². The first-order chi connectivity index (χ1) is 16.0. The number of nitrogens with one attached hydrogen (secondary N) is 2. The van der Waals surface area contributed by atoms with Crippen molar-refractivity contribution in [1.82, 2.24) is 15.5 Å². The van der Waals surface area contributed by atoms with E-state index in [0.29, 0.717) is 18.8 Å². The molecule has 0 bridgehead atoms. The molecule has 3 rings (SSSR count). The Morgan fingerprint density at radius 3 is 2.24 bits per heavy atom. The molecule has 8 nitrogen and oxygen atoms in total. The number of carbonyl (C=O) groups excluding carboxylic acids is 3. The van der Waals surface area contributed by atoms with Gasteiger partial charge in [-0.3, -0.25) is 14.4 Å². The molecule has 1 saturated heterocycles. The number of benzene rings is 2. The summed E-state index contributed by atoms with van der Waals surface area (Å²) in [6.45, 7) is 4.62. The zero-order chi connectivity index (χ0) is 23.6. The summed E-state index contributed by atoms with van der Waals surface area (Å²) in [5, 5.41) is 5.62. The molecule has 0 radical (unpaired) electrons. The minimum Gasteiger partial charge on any atom is -0.497 e. The molecule has 0 saturated carbocycles. The summed E-state index contributed by atoms with van der Waals surface area (Å²) in [7, 11) is 1.58. The van der Waals surface area contributed by atoms with Crippen molar-refractivity contribution in [3.63, 3.8) is 0 Å². The molecule has 3 amide bonds. The molecule has 0 spiro atoms. The molecule has 8 heteroatoms. The summed E-state index contributed by atoms with van der Waals surface area (Å²) in [6, 6.07) is 17.0. The number of amides is 3. The summed E-state index contributed by atoms with van der Waals surface area (Å²) in [6.07, 6.45) is 0.347. The minimum absolute atomic E-state index is 0.0385. The van der Waals surface area contributed by atoms with E-state index in [1.165, 1.54) is 12.6 Å². The summed E-state index contributed by atoms with van der Waals surface area (Å²) in [4.78, 5) is 40.8. The Hall–Kier alpha value is -3.55. The van der Waals surface area contributed by atoms with Crippen LogP contribution in [0.4, 0.5) is 5.69 Å². The fourth-order valence-corrected chi connectivity index (χ4v) is 3.91. The number of para-hydroxylation sites is 1. The molecule has 0 aliphatic carbocycles. The van der Waals surface area contributed by atoms with Gasteiger partial charge in [0.15, 0.2) is 0 Å². The number of nitrogens with zero attached hydrogens (tertiary/aromatic N) is 2. The Bertz CT molecular complexity index is 925. The topological polar surface area (TPSA) is 91.0 Å². The summed E-state index contributed by atoms with van der Waals surface area (Å²) in [5.74, 6) is 0.309. The molecule has 2 N–H and O–H groups in total. The van der Waals surface area contributed by atoms with Gasteiger partial charge < -0.3 is 25.2 Å². The lowest BCUT2D eigenvalue weighted by atomic mass is 10.0. The van der Waals surface area contributed by atoms with E-state index >= 15 is 0 Å². The third kappa shape index (κ3) is 7.24. The van der Waals surface area contributed by atoms with Gasteiger partial charge in [-0.15, -0.1) is 0 Å². The van der Waals surface area contributed by atoms with E-state index in [1.807, 2.05) is 35.2 Å². The molecular weight excluding hydrogens is 420 g/mol. The SMILES string of the molecule is COc1ccc(C(CC(=O)NCCC(=O)N2CCN(c3ccccc3)CC2)NC(C)=O)cc1. The maximum Gasteiger partial charge on any atom is 0.224 e. The van der Waals surface area contributed by atoms with Crippen molar-refractivity contribution < 1.29 is 19.1 Å². The van der Waals surface area contributed by atoms with Crippen molar-refractivity contribution in [3.8, 4) is 5.75 Å². The quantitative estimate of drug-likeness (QED) is 0.608. The monoisotopic (exact) mass is 452 g/mol. The molecule has 2 aromatic rings. The number of anilines is 1. The fraction of sp³-hybridized carbons (Fsp3) is 0.400. The molecule has 33 heavy (non-hydrogen) atoms. The minimum atomic E-state index is -0.449. The Kier molecular flexibility index (Phi) is 8.69. The Labute approximate surface area is 194 Å². The van der Waals surface area contributed by atoms with Crippen molar-refractivity contribution in [2.75, 3.05) is 44.7 Å². The predicted molar refractivity (Wildman–Crippen MR) is 127 cm³/mol. The predicted octanol–water partition coefficient (Wildman–Crippen LogP) is 2.12. The van der Waals surface area contributed by atoms with Crippen molar-refractivity contribution in [3.05, 3.63) is 60.2 Å². The lowest BCUT2D eigenvalue weighted by Gasteiger charge is -2.36. The largest absolute Gasteiger partial charge is 0.497 e. The van der Waals surface area contributed by atoms with Crippen LogP contribution in [-0.4, -0.2) is 62.5 Å². The Balaban J connectivity index is 1.42. The summed E-state index contributed by atoms with van der Waals surface area (Å²) < 4.78 is 5.16. The first-order valence-electron chi connectivity index (χ1n) is 11.2. The average molecular weight is 453 g/mol. The van der Waals surface area contributed by atoms with E-state index in [4.69, 9.17) is 4.74 Å². The number of rotatable bonds is 9. The highest BCUT2D eigenvalue weighted by molar-refractivity contribution is 5.80. The molecule has 2 aromatic carbocycles. The van der Waals surface area contributed by atoms with Crippen LogP contribution in [0.3, 0.4) is 0 Å². The van der Waals surface area contributed by atoms with E-state index in [-0.39, 0.29) is 37.1 Å². The van der Waals surface area contributed by atoms with Crippen LogP contribution in [-0.2, 0) is 14.4 Å². The van der Waals surface area contributed by atoms with E-state index in [2.05, 4.69) is 27.7 Å². The molecule has 0 aromatic heterocycles. The van der Waals surface area contributed by atoms with Crippen LogP contribution in [0.1, 0.15) is 31.4 Å². The van der Waals surface area contributed by atoms with Gasteiger partial charge in [-0.05, 0) is 29.8 Å². The molecule has 1 unspecified atom stereocenters. The third-order valence-corrected chi connectivity index (χ3v) is 5.70. The van der Waals surface area contributed by atoms with Crippen LogP contribution in [0.5, 0.6) is 5.75 Å². The van der Waals surface area contributed by atoms with Gasteiger partial charge in [-0.25, -0.2) is 0 Å². The van der Waals surface area contributed by atoms with Crippen molar-refractivity contribution >= 4 is 23.4 Å². The molecule has 1 aliphatic heterocycles. The number of hydrogen-bond donors (Lipinski definition) is 2. The van der Waals surface area contributed by atoms with Crippen LogP contribution in [0.2, 0.25) is 0 Å². The standard InChI is InChI=1S/C25H32N4O4/c1-19(30)27-23(20-8-10-22(33-2)11-9-20)18-24(31)26-13-12-25(32)29-16-14-28(15-17-29)21-6-4-3-5-7-21/h3-11,23H,12-18H2,1-2H3,(H,26,31)(H,27,30). The highest BCUT2D eigenvalue weighted by atomic mass is 16.5. The highest BCUT2D eigenvalue weighted by Crippen LogP contribution is 2.20. The van der Waals surface area contributed by atoms with Gasteiger partial charge in [0.1, 0.15) is 5.75 Å². The highest BCUT2D eigenvalue weighted by Gasteiger charge is 2.22. The van der Waals surface area contributed by atoms with Crippen LogP contribution < -0.4 is 20.3 Å². The van der Waals surface area contributed by atoms with E-state index in [1.54, 1.807) is 19.2 Å². The fourth-order valence-electron chi connectivity index (χ4n) is 3.91.